The minimum absolute atomic E-state index is 0.120. The number of nitrogens with zero attached hydrogens (tertiary/aromatic N) is 4. The molecule has 0 saturated heterocycles. The summed E-state index contributed by atoms with van der Waals surface area (Å²) >= 11 is 1.32. The number of nitrogen functional groups attached to an aromatic ring is 1. The summed E-state index contributed by atoms with van der Waals surface area (Å²) in [6, 6.07) is 22.6. The van der Waals surface area contributed by atoms with Crippen LogP contribution in [0.2, 0.25) is 0 Å². The van der Waals surface area contributed by atoms with Gasteiger partial charge in [-0.05, 0) is 48.2 Å². The summed E-state index contributed by atoms with van der Waals surface area (Å²) in [4.78, 5) is 38.2. The van der Waals surface area contributed by atoms with Crippen molar-refractivity contribution < 1.29 is 4.79 Å². The topological polar surface area (TPSA) is 152 Å². The molecule has 11 heteroatoms. The molecule has 6 rings (SSSR count). The molecule has 0 aliphatic rings. The number of nitrogens with two attached hydrogens (primary N) is 1. The Morgan fingerprint density at radius 1 is 1.05 bits per heavy atom. The third-order valence-corrected chi connectivity index (χ3v) is 7.82. The van der Waals surface area contributed by atoms with Gasteiger partial charge in [-0.1, -0.05) is 53.8 Å². The van der Waals surface area contributed by atoms with Crippen molar-refractivity contribution in [1.29, 1.82) is 5.41 Å². The van der Waals surface area contributed by atoms with E-state index in [0.717, 1.165) is 27.0 Å². The van der Waals surface area contributed by atoms with Crippen LogP contribution >= 0.6 is 11.3 Å². The molecule has 0 bridgehead atoms. The molecule has 0 aliphatic carbocycles. The van der Waals surface area contributed by atoms with Gasteiger partial charge < -0.3 is 16.4 Å². The zero-order valence-corrected chi connectivity index (χ0v) is 23.6. The van der Waals surface area contributed by atoms with Gasteiger partial charge in [0.15, 0.2) is 5.13 Å². The van der Waals surface area contributed by atoms with Crippen LogP contribution < -0.4 is 21.9 Å². The van der Waals surface area contributed by atoms with Gasteiger partial charge in [0.25, 0.3) is 5.56 Å². The van der Waals surface area contributed by atoms with E-state index in [1.165, 1.54) is 24.6 Å². The fraction of sp³-hybridized carbons (Fsp3) is 0.0968. The number of aryl methyl sites for hydroxylation is 1. The molecule has 42 heavy (non-hydrogen) atoms. The highest BCUT2D eigenvalue weighted by molar-refractivity contribution is 7.22. The third kappa shape index (κ3) is 4.97. The molecule has 0 saturated carbocycles. The minimum atomic E-state index is -0.203. The molecule has 3 aromatic carbocycles. The van der Waals surface area contributed by atoms with Crippen molar-refractivity contribution in [2.75, 3.05) is 16.4 Å². The van der Waals surface area contributed by atoms with Crippen molar-refractivity contribution in [3.63, 3.8) is 0 Å². The zero-order chi connectivity index (χ0) is 29.4. The Morgan fingerprint density at radius 2 is 1.83 bits per heavy atom. The first-order chi connectivity index (χ1) is 20.3. The highest BCUT2D eigenvalue weighted by Crippen LogP contribution is 2.29. The van der Waals surface area contributed by atoms with Gasteiger partial charge in [0, 0.05) is 23.6 Å². The Morgan fingerprint density at radius 3 is 2.64 bits per heavy atom. The number of hydrogen-bond acceptors (Lipinski definition) is 9. The Bertz CT molecular complexity index is 2080. The van der Waals surface area contributed by atoms with Gasteiger partial charge in [-0.15, -0.1) is 0 Å². The molecular formula is C31H26N8O2S. The number of anilines is 3. The van der Waals surface area contributed by atoms with E-state index in [1.807, 2.05) is 67.6 Å². The molecular weight excluding hydrogens is 548 g/mol. The van der Waals surface area contributed by atoms with Crippen molar-refractivity contribution in [2.24, 2.45) is 0 Å². The summed E-state index contributed by atoms with van der Waals surface area (Å²) in [5.41, 5.74) is 10.4. The average Bonchev–Trinajstić information content (AvgIpc) is 3.37. The second-order valence-electron chi connectivity index (χ2n) is 9.74. The monoisotopic (exact) mass is 574 g/mol. The first-order valence-corrected chi connectivity index (χ1v) is 13.9. The smallest absolute Gasteiger partial charge is 0.263 e. The van der Waals surface area contributed by atoms with E-state index in [-0.39, 0.29) is 29.5 Å². The summed E-state index contributed by atoms with van der Waals surface area (Å²) < 4.78 is 2.52. The maximum absolute atomic E-state index is 13.7. The number of fused-ring (bicyclic) bond motifs is 2. The quantitative estimate of drug-likeness (QED) is 0.190. The van der Waals surface area contributed by atoms with Crippen LogP contribution in [-0.4, -0.2) is 31.1 Å². The van der Waals surface area contributed by atoms with Gasteiger partial charge in [0.1, 0.15) is 18.0 Å². The van der Waals surface area contributed by atoms with Gasteiger partial charge in [-0.3, -0.25) is 19.6 Å². The number of carbonyl (C=O) groups excluding carboxylic acids is 1. The molecule has 0 fully saturated rings. The van der Waals surface area contributed by atoms with E-state index >= 15 is 0 Å². The standard InChI is InChI=1S/C31H26N8O2S/c1-17-7-3-6-10-24(17)39-21(13-19-8-4-5-9-22(19)30(39)41)15-34-29-26(28(33)35-16-36-29)27(32)20-11-12-23-25(14-20)42-31(38-23)37-18(2)40/h3-14,16,32H,15H2,1-2H3,(H,37,38,40)(H3,33,34,35,36). The largest absolute Gasteiger partial charge is 0.383 e. The predicted molar refractivity (Wildman–Crippen MR) is 168 cm³/mol. The van der Waals surface area contributed by atoms with Crippen LogP contribution in [-0.2, 0) is 11.3 Å². The lowest BCUT2D eigenvalue weighted by Gasteiger charge is -2.18. The summed E-state index contributed by atoms with van der Waals surface area (Å²) in [6.45, 7) is 3.63. The number of hydrogen-bond donors (Lipinski definition) is 4. The number of amides is 1. The number of pyridine rings is 1. The van der Waals surface area contributed by atoms with E-state index in [2.05, 4.69) is 25.6 Å². The Balaban J connectivity index is 1.38. The van der Waals surface area contributed by atoms with Crippen LogP contribution in [0, 0.1) is 12.3 Å². The van der Waals surface area contributed by atoms with Gasteiger partial charge in [-0.25, -0.2) is 15.0 Å². The molecule has 1 amide bonds. The fourth-order valence-corrected chi connectivity index (χ4v) is 5.85. The Kier molecular flexibility index (Phi) is 6.93. The highest BCUT2D eigenvalue weighted by Gasteiger charge is 2.19. The summed E-state index contributed by atoms with van der Waals surface area (Å²) in [7, 11) is 0. The van der Waals surface area contributed by atoms with Crippen molar-refractivity contribution in [2.45, 2.75) is 20.4 Å². The van der Waals surface area contributed by atoms with Gasteiger partial charge in [0.05, 0.1) is 33.7 Å². The van der Waals surface area contributed by atoms with E-state index in [1.54, 1.807) is 16.7 Å². The van der Waals surface area contributed by atoms with E-state index in [0.29, 0.717) is 33.0 Å². The molecule has 3 aromatic heterocycles. The average molecular weight is 575 g/mol. The Labute approximate surface area is 244 Å². The molecule has 208 valence electrons. The van der Waals surface area contributed by atoms with Crippen molar-refractivity contribution >= 4 is 60.7 Å². The number of nitrogens with one attached hydrogen (secondary N) is 3. The number of para-hydroxylation sites is 1. The highest BCUT2D eigenvalue weighted by atomic mass is 32.1. The van der Waals surface area contributed by atoms with Crippen LogP contribution in [0.25, 0.3) is 26.7 Å². The molecule has 0 spiro atoms. The molecule has 0 unspecified atom stereocenters. The summed E-state index contributed by atoms with van der Waals surface area (Å²) in [6.07, 6.45) is 1.34. The van der Waals surface area contributed by atoms with Gasteiger partial charge in [-0.2, -0.15) is 0 Å². The van der Waals surface area contributed by atoms with Crippen molar-refractivity contribution in [3.8, 4) is 5.69 Å². The lowest BCUT2D eigenvalue weighted by atomic mass is 10.0. The second-order valence-corrected chi connectivity index (χ2v) is 10.8. The maximum atomic E-state index is 13.7. The van der Waals surface area contributed by atoms with Crippen molar-refractivity contribution in [1.82, 2.24) is 19.5 Å². The lowest BCUT2D eigenvalue weighted by Crippen LogP contribution is -2.24. The number of carbonyl (C=O) groups is 1. The zero-order valence-electron chi connectivity index (χ0n) is 22.8. The maximum Gasteiger partial charge on any atom is 0.263 e. The van der Waals surface area contributed by atoms with E-state index in [9.17, 15) is 9.59 Å². The van der Waals surface area contributed by atoms with Crippen LogP contribution in [0.5, 0.6) is 0 Å². The minimum Gasteiger partial charge on any atom is -0.383 e. The van der Waals surface area contributed by atoms with Crippen LogP contribution in [0.3, 0.4) is 0 Å². The number of thiazole rings is 1. The normalized spacial score (nSPS) is 11.1. The number of rotatable bonds is 7. The van der Waals surface area contributed by atoms with Gasteiger partial charge >= 0.3 is 0 Å². The lowest BCUT2D eigenvalue weighted by molar-refractivity contribution is -0.114. The number of aromatic nitrogens is 4. The molecule has 0 radical (unpaired) electrons. The summed E-state index contributed by atoms with van der Waals surface area (Å²) in [5.74, 6) is 0.314. The molecule has 0 atom stereocenters. The first-order valence-electron chi connectivity index (χ1n) is 13.1. The molecule has 5 N–H and O–H groups in total. The molecule has 10 nitrogen and oxygen atoms in total. The third-order valence-electron chi connectivity index (χ3n) is 6.88. The SMILES string of the molecule is CC(=O)Nc1nc2ccc(C(=N)c3c(N)ncnc3NCc3cc4ccccc4c(=O)n3-c3ccccc3C)cc2s1. The fourth-order valence-electron chi connectivity index (χ4n) is 4.90. The van der Waals surface area contributed by atoms with Gasteiger partial charge in [0.2, 0.25) is 5.91 Å². The summed E-state index contributed by atoms with van der Waals surface area (Å²) in [5, 5.41) is 17.0. The second kappa shape index (κ2) is 10.9. The molecule has 0 aliphatic heterocycles. The van der Waals surface area contributed by atoms with E-state index < -0.39 is 0 Å². The van der Waals surface area contributed by atoms with Crippen LogP contribution in [0.15, 0.2) is 83.9 Å². The number of benzene rings is 3. The molecule has 6 aromatic rings. The van der Waals surface area contributed by atoms with Crippen LogP contribution in [0.4, 0.5) is 16.8 Å². The molecule has 3 heterocycles. The van der Waals surface area contributed by atoms with Crippen LogP contribution in [0.1, 0.15) is 29.3 Å². The predicted octanol–water partition coefficient (Wildman–Crippen LogP) is 5.27. The van der Waals surface area contributed by atoms with E-state index in [4.69, 9.17) is 11.1 Å². The first kappa shape index (κ1) is 26.8. The van der Waals surface area contributed by atoms with Crippen molar-refractivity contribution in [3.05, 3.63) is 112 Å². The Hall–Kier alpha value is -5.42.